The normalized spacial score (nSPS) is 17.9. The molecule has 0 saturated carbocycles. The molecule has 0 spiro atoms. The molecule has 1 atom stereocenters. The predicted octanol–water partition coefficient (Wildman–Crippen LogP) is 3.26. The van der Waals surface area contributed by atoms with Gasteiger partial charge in [-0.25, -0.2) is 0 Å². The van der Waals surface area contributed by atoms with Crippen molar-refractivity contribution in [2.75, 3.05) is 0 Å². The molecule has 1 aliphatic rings. The van der Waals surface area contributed by atoms with Crippen molar-refractivity contribution in [3.8, 4) is 0 Å². The van der Waals surface area contributed by atoms with Crippen molar-refractivity contribution in [1.29, 1.82) is 0 Å². The molecule has 3 heterocycles. The Morgan fingerprint density at radius 2 is 2.12 bits per heavy atom. The highest BCUT2D eigenvalue weighted by Crippen LogP contribution is 2.41. The van der Waals surface area contributed by atoms with Crippen LogP contribution in [0.5, 0.6) is 0 Å². The first-order chi connectivity index (χ1) is 11.5. The molecule has 2 aromatic rings. The second-order valence-corrected chi connectivity index (χ2v) is 6.93. The van der Waals surface area contributed by atoms with Crippen molar-refractivity contribution >= 4 is 23.0 Å². The number of pyridine rings is 1. The number of hydrogen-bond donors (Lipinski definition) is 1. The second kappa shape index (κ2) is 6.57. The molecule has 1 aliphatic heterocycles. The summed E-state index contributed by atoms with van der Waals surface area (Å²) in [5, 5.41) is 12.2. The van der Waals surface area contributed by atoms with Crippen LogP contribution in [0.2, 0.25) is 0 Å². The number of amides is 1. The molecule has 3 rings (SSSR count). The van der Waals surface area contributed by atoms with Crippen LogP contribution in [0.1, 0.15) is 30.5 Å². The first-order valence-corrected chi connectivity index (χ1v) is 8.60. The molecule has 24 heavy (non-hydrogen) atoms. The van der Waals surface area contributed by atoms with Crippen molar-refractivity contribution in [3.05, 3.63) is 63.8 Å². The van der Waals surface area contributed by atoms with Crippen molar-refractivity contribution in [2.24, 2.45) is 5.92 Å². The first kappa shape index (κ1) is 16.4. The number of aliphatic hydroxyl groups is 1. The summed E-state index contributed by atoms with van der Waals surface area (Å²) in [7, 11) is 0. The molecule has 6 heteroatoms. The third-order valence-electron chi connectivity index (χ3n) is 3.96. The lowest BCUT2D eigenvalue weighted by Gasteiger charge is -2.25. The minimum Gasteiger partial charge on any atom is -0.503 e. The lowest BCUT2D eigenvalue weighted by Crippen LogP contribution is -2.31. The van der Waals surface area contributed by atoms with Gasteiger partial charge in [0.2, 0.25) is 0 Å². The zero-order valence-electron chi connectivity index (χ0n) is 13.5. The first-order valence-electron chi connectivity index (χ1n) is 7.72. The maximum atomic E-state index is 12.6. The number of carbonyl (C=O) groups excluding carboxylic acids is 2. The largest absolute Gasteiger partial charge is 0.503 e. The molecule has 0 saturated heterocycles. The molecular weight excluding hydrogens is 324 g/mol. The van der Waals surface area contributed by atoms with Gasteiger partial charge in [0.05, 0.1) is 23.9 Å². The van der Waals surface area contributed by atoms with Crippen LogP contribution in [-0.4, -0.2) is 26.7 Å². The van der Waals surface area contributed by atoms with E-state index in [-0.39, 0.29) is 23.8 Å². The number of aliphatic hydroxyl groups excluding tert-OH is 1. The third-order valence-corrected chi connectivity index (χ3v) is 4.89. The summed E-state index contributed by atoms with van der Waals surface area (Å²) in [6, 6.07) is 8.65. The molecule has 0 fully saturated rings. The van der Waals surface area contributed by atoms with Crippen molar-refractivity contribution in [3.63, 3.8) is 0 Å². The molecule has 0 aliphatic carbocycles. The Morgan fingerprint density at radius 1 is 1.33 bits per heavy atom. The summed E-state index contributed by atoms with van der Waals surface area (Å²) in [4.78, 5) is 31.8. The standard InChI is InChI=1S/C18H18N2O3S/c1-11(2)16(21)14-15(13-7-5-9-24-13)20(18(23)17(14)22)10-12-6-3-4-8-19-12/h3-9,11,15,22H,10H2,1-2H3. The molecule has 5 nitrogen and oxygen atoms in total. The van der Waals surface area contributed by atoms with Gasteiger partial charge in [-0.15, -0.1) is 11.3 Å². The SMILES string of the molecule is CC(C)C(=O)C1=C(O)C(=O)N(Cc2ccccn2)C1c1cccs1. The molecule has 124 valence electrons. The molecule has 0 radical (unpaired) electrons. The molecule has 0 bridgehead atoms. The lowest BCUT2D eigenvalue weighted by atomic mass is 9.95. The van der Waals surface area contributed by atoms with Gasteiger partial charge in [0, 0.05) is 17.0 Å². The summed E-state index contributed by atoms with van der Waals surface area (Å²) >= 11 is 1.46. The summed E-state index contributed by atoms with van der Waals surface area (Å²) in [5.74, 6) is -1.47. The van der Waals surface area contributed by atoms with Gasteiger partial charge in [0.1, 0.15) is 0 Å². The highest BCUT2D eigenvalue weighted by atomic mass is 32.1. The third kappa shape index (κ3) is 2.85. The number of aromatic nitrogens is 1. The van der Waals surface area contributed by atoms with E-state index in [0.717, 1.165) is 4.88 Å². The van der Waals surface area contributed by atoms with Gasteiger partial charge in [-0.05, 0) is 23.6 Å². The summed E-state index contributed by atoms with van der Waals surface area (Å²) in [6.45, 7) is 3.77. The number of hydrogen-bond acceptors (Lipinski definition) is 5. The van der Waals surface area contributed by atoms with E-state index in [2.05, 4.69) is 4.98 Å². The topological polar surface area (TPSA) is 70.5 Å². The van der Waals surface area contributed by atoms with Gasteiger partial charge in [-0.1, -0.05) is 26.0 Å². The van der Waals surface area contributed by atoms with Gasteiger partial charge < -0.3 is 10.0 Å². The molecule has 1 amide bonds. The highest BCUT2D eigenvalue weighted by molar-refractivity contribution is 7.10. The minimum absolute atomic E-state index is 0.188. The molecule has 1 unspecified atom stereocenters. The van der Waals surface area contributed by atoms with E-state index in [9.17, 15) is 14.7 Å². The van der Waals surface area contributed by atoms with E-state index in [1.807, 2.05) is 29.6 Å². The van der Waals surface area contributed by atoms with E-state index < -0.39 is 17.7 Å². The van der Waals surface area contributed by atoms with E-state index in [4.69, 9.17) is 0 Å². The van der Waals surface area contributed by atoms with Crippen molar-refractivity contribution < 1.29 is 14.7 Å². The monoisotopic (exact) mass is 342 g/mol. The summed E-state index contributed by atoms with van der Waals surface area (Å²) < 4.78 is 0. The Bertz CT molecular complexity index is 782. The number of thiophene rings is 1. The Balaban J connectivity index is 2.03. The average Bonchev–Trinajstić information content (AvgIpc) is 3.18. The fourth-order valence-electron chi connectivity index (χ4n) is 2.79. The second-order valence-electron chi connectivity index (χ2n) is 5.95. The Labute approximate surface area is 144 Å². The van der Waals surface area contributed by atoms with Crippen LogP contribution in [0.4, 0.5) is 0 Å². The van der Waals surface area contributed by atoms with Gasteiger partial charge in [0.25, 0.3) is 5.91 Å². The van der Waals surface area contributed by atoms with Gasteiger partial charge in [-0.3, -0.25) is 14.6 Å². The maximum absolute atomic E-state index is 12.6. The molecule has 0 aromatic carbocycles. The Hall–Kier alpha value is -2.47. The zero-order chi connectivity index (χ0) is 17.3. The number of Topliss-reactive ketones (excluding diaryl/α,β-unsaturated/α-hetero) is 1. The van der Waals surface area contributed by atoms with Crippen LogP contribution in [0.3, 0.4) is 0 Å². The van der Waals surface area contributed by atoms with Gasteiger partial charge >= 0.3 is 0 Å². The molecule has 1 N–H and O–H groups in total. The molecular formula is C18H18N2O3S. The van der Waals surface area contributed by atoms with Gasteiger partial charge in [-0.2, -0.15) is 0 Å². The number of nitrogens with zero attached hydrogens (tertiary/aromatic N) is 2. The summed E-state index contributed by atoms with van der Waals surface area (Å²) in [6.07, 6.45) is 1.66. The number of ketones is 1. The highest BCUT2D eigenvalue weighted by Gasteiger charge is 2.44. The summed E-state index contributed by atoms with van der Waals surface area (Å²) in [5.41, 5.74) is 0.895. The minimum atomic E-state index is -0.561. The van der Waals surface area contributed by atoms with Crippen LogP contribution < -0.4 is 0 Å². The van der Waals surface area contributed by atoms with E-state index in [0.29, 0.717) is 5.69 Å². The Morgan fingerprint density at radius 3 is 2.71 bits per heavy atom. The molecule has 2 aromatic heterocycles. The lowest BCUT2D eigenvalue weighted by molar-refractivity contribution is -0.130. The fraction of sp³-hybridized carbons (Fsp3) is 0.278. The van der Waals surface area contributed by atoms with Crippen LogP contribution in [0, 0.1) is 5.92 Å². The van der Waals surface area contributed by atoms with Crippen molar-refractivity contribution in [2.45, 2.75) is 26.4 Å². The van der Waals surface area contributed by atoms with E-state index >= 15 is 0 Å². The van der Waals surface area contributed by atoms with Crippen LogP contribution in [0.25, 0.3) is 0 Å². The predicted molar refractivity (Wildman–Crippen MR) is 91.3 cm³/mol. The van der Waals surface area contributed by atoms with E-state index in [1.165, 1.54) is 16.2 Å². The number of rotatable bonds is 5. The Kier molecular flexibility index (Phi) is 4.49. The maximum Gasteiger partial charge on any atom is 0.290 e. The fourth-order valence-corrected chi connectivity index (χ4v) is 3.63. The quantitative estimate of drug-likeness (QED) is 0.905. The van der Waals surface area contributed by atoms with Gasteiger partial charge in [0.15, 0.2) is 11.5 Å². The van der Waals surface area contributed by atoms with Crippen LogP contribution in [-0.2, 0) is 16.1 Å². The zero-order valence-corrected chi connectivity index (χ0v) is 14.3. The van der Waals surface area contributed by atoms with Crippen LogP contribution in [0.15, 0.2) is 53.2 Å². The smallest absolute Gasteiger partial charge is 0.290 e. The average molecular weight is 342 g/mol. The number of carbonyl (C=O) groups is 2. The van der Waals surface area contributed by atoms with Crippen molar-refractivity contribution in [1.82, 2.24) is 9.88 Å². The van der Waals surface area contributed by atoms with E-state index in [1.54, 1.807) is 26.1 Å². The van der Waals surface area contributed by atoms with Crippen LogP contribution >= 0.6 is 11.3 Å².